The van der Waals surface area contributed by atoms with Gasteiger partial charge in [-0.25, -0.2) is 4.98 Å². The van der Waals surface area contributed by atoms with Crippen LogP contribution in [0.15, 0.2) is 78.0 Å². The summed E-state index contributed by atoms with van der Waals surface area (Å²) in [7, 11) is 1.58. The minimum absolute atomic E-state index is 0.160. The van der Waals surface area contributed by atoms with Gasteiger partial charge in [0.2, 0.25) is 5.91 Å². The lowest BCUT2D eigenvalue weighted by Gasteiger charge is -2.11. The predicted molar refractivity (Wildman–Crippen MR) is 131 cm³/mol. The number of thioether (sulfide) groups is 1. The van der Waals surface area contributed by atoms with Crippen LogP contribution in [0, 0.1) is 6.92 Å². The summed E-state index contributed by atoms with van der Waals surface area (Å²) >= 11 is 1.31. The largest absolute Gasteiger partial charge is 0.495 e. The standard InChI is InChI=1S/C25H21N5O2S/c1-16-11-13-17(14-12-16)23-27-19-8-4-3-7-18(19)24-28-29-25(30(23)24)33-15-22(31)26-20-9-5-6-10-21(20)32-2/h3-14H,15H2,1-2H3,(H,26,31). The van der Waals surface area contributed by atoms with E-state index in [0.717, 1.165) is 22.3 Å². The van der Waals surface area contributed by atoms with Crippen molar-refractivity contribution in [2.75, 3.05) is 18.2 Å². The van der Waals surface area contributed by atoms with Crippen molar-refractivity contribution in [2.24, 2.45) is 0 Å². The zero-order valence-corrected chi connectivity index (χ0v) is 19.0. The third kappa shape index (κ3) is 4.12. The number of nitrogens with one attached hydrogen (secondary N) is 1. The third-order valence-electron chi connectivity index (χ3n) is 5.24. The molecule has 0 aliphatic heterocycles. The van der Waals surface area contributed by atoms with Crippen LogP contribution >= 0.6 is 11.8 Å². The molecule has 0 saturated carbocycles. The summed E-state index contributed by atoms with van der Waals surface area (Å²) in [6.07, 6.45) is 0. The summed E-state index contributed by atoms with van der Waals surface area (Å²) in [5.41, 5.74) is 4.31. The van der Waals surface area contributed by atoms with E-state index >= 15 is 0 Å². The second kappa shape index (κ2) is 8.91. The number of rotatable bonds is 6. The maximum atomic E-state index is 12.7. The van der Waals surface area contributed by atoms with Crippen LogP contribution in [-0.4, -0.2) is 38.4 Å². The van der Waals surface area contributed by atoms with Crippen LogP contribution in [0.5, 0.6) is 5.75 Å². The minimum atomic E-state index is -0.160. The predicted octanol–water partition coefficient (Wildman–Crippen LogP) is 4.99. The molecule has 0 aliphatic carbocycles. The van der Waals surface area contributed by atoms with E-state index in [4.69, 9.17) is 9.72 Å². The summed E-state index contributed by atoms with van der Waals surface area (Å²) < 4.78 is 7.24. The number of amides is 1. The van der Waals surface area contributed by atoms with Crippen molar-refractivity contribution in [3.63, 3.8) is 0 Å². The molecule has 2 aromatic heterocycles. The zero-order valence-electron chi connectivity index (χ0n) is 18.1. The Labute approximate surface area is 194 Å². The zero-order chi connectivity index (χ0) is 22.8. The number of benzene rings is 3. The van der Waals surface area contributed by atoms with E-state index in [1.165, 1.54) is 17.3 Å². The van der Waals surface area contributed by atoms with Gasteiger partial charge in [-0.3, -0.25) is 9.20 Å². The van der Waals surface area contributed by atoms with Crippen LogP contribution < -0.4 is 10.1 Å². The number of carbonyl (C=O) groups is 1. The molecule has 7 nitrogen and oxygen atoms in total. The number of anilines is 1. The topological polar surface area (TPSA) is 81.4 Å². The molecule has 0 fully saturated rings. The normalized spacial score (nSPS) is 11.1. The van der Waals surface area contributed by atoms with Gasteiger partial charge in [0.15, 0.2) is 10.8 Å². The third-order valence-corrected chi connectivity index (χ3v) is 6.17. The maximum absolute atomic E-state index is 12.7. The van der Waals surface area contributed by atoms with Gasteiger partial charge in [-0.05, 0) is 31.2 Å². The fourth-order valence-electron chi connectivity index (χ4n) is 3.61. The second-order valence-electron chi connectivity index (χ2n) is 7.50. The Kier molecular flexibility index (Phi) is 5.66. The monoisotopic (exact) mass is 455 g/mol. The molecule has 1 amide bonds. The SMILES string of the molecule is COc1ccccc1NC(=O)CSc1nnc2c3ccccc3nc(-c3ccc(C)cc3)n12. The van der Waals surface area contributed by atoms with Crippen LogP contribution in [0.3, 0.4) is 0 Å². The van der Waals surface area contributed by atoms with Gasteiger partial charge in [-0.1, -0.05) is 65.9 Å². The van der Waals surface area contributed by atoms with E-state index in [2.05, 4.69) is 27.6 Å². The fourth-order valence-corrected chi connectivity index (χ4v) is 4.35. The van der Waals surface area contributed by atoms with Gasteiger partial charge in [-0.2, -0.15) is 0 Å². The van der Waals surface area contributed by atoms with Gasteiger partial charge in [0, 0.05) is 10.9 Å². The number of aryl methyl sites for hydroxylation is 1. The Morgan fingerprint density at radius 2 is 1.76 bits per heavy atom. The Morgan fingerprint density at radius 1 is 1.00 bits per heavy atom. The molecule has 0 unspecified atom stereocenters. The molecule has 0 bridgehead atoms. The number of carbonyl (C=O) groups excluding carboxylic acids is 1. The number of methoxy groups -OCH3 is 1. The van der Waals surface area contributed by atoms with E-state index in [-0.39, 0.29) is 11.7 Å². The highest BCUT2D eigenvalue weighted by Gasteiger charge is 2.18. The van der Waals surface area contributed by atoms with Crippen molar-refractivity contribution >= 4 is 39.9 Å². The summed E-state index contributed by atoms with van der Waals surface area (Å²) in [6.45, 7) is 2.05. The molecule has 33 heavy (non-hydrogen) atoms. The van der Waals surface area contributed by atoms with Gasteiger partial charge in [-0.15, -0.1) is 10.2 Å². The first kappa shape index (κ1) is 21.0. The highest BCUT2D eigenvalue weighted by atomic mass is 32.2. The van der Waals surface area contributed by atoms with E-state index in [1.807, 2.05) is 59.9 Å². The van der Waals surface area contributed by atoms with E-state index < -0.39 is 0 Å². The molecular weight excluding hydrogens is 434 g/mol. The van der Waals surface area contributed by atoms with Gasteiger partial charge in [0.25, 0.3) is 0 Å². The Hall–Kier alpha value is -3.91. The summed E-state index contributed by atoms with van der Waals surface area (Å²) in [4.78, 5) is 17.6. The molecule has 8 heteroatoms. The van der Waals surface area contributed by atoms with Crippen molar-refractivity contribution in [1.29, 1.82) is 0 Å². The van der Waals surface area contributed by atoms with Crippen LogP contribution in [0.25, 0.3) is 27.9 Å². The number of para-hydroxylation sites is 3. The number of hydrogen-bond acceptors (Lipinski definition) is 6. The number of hydrogen-bond donors (Lipinski definition) is 1. The molecule has 164 valence electrons. The summed E-state index contributed by atoms with van der Waals surface area (Å²) in [5, 5.41) is 13.2. The average Bonchev–Trinajstić information content (AvgIpc) is 3.27. The smallest absolute Gasteiger partial charge is 0.234 e. The first-order valence-corrected chi connectivity index (χ1v) is 11.4. The molecule has 5 rings (SSSR count). The number of aromatic nitrogens is 4. The van der Waals surface area contributed by atoms with Gasteiger partial charge < -0.3 is 10.1 Å². The first-order valence-electron chi connectivity index (χ1n) is 10.4. The highest BCUT2D eigenvalue weighted by Crippen LogP contribution is 2.29. The minimum Gasteiger partial charge on any atom is -0.495 e. The van der Waals surface area contributed by atoms with E-state index in [1.54, 1.807) is 19.2 Å². The van der Waals surface area contributed by atoms with Crippen molar-refractivity contribution < 1.29 is 9.53 Å². The van der Waals surface area contributed by atoms with Gasteiger partial charge in [0.05, 0.1) is 24.1 Å². The summed E-state index contributed by atoms with van der Waals surface area (Å²) in [5.74, 6) is 1.35. The Bertz CT molecular complexity index is 1460. The molecular formula is C25H21N5O2S. The molecule has 1 N–H and O–H groups in total. The second-order valence-corrected chi connectivity index (χ2v) is 8.44. The molecule has 0 spiro atoms. The van der Waals surface area contributed by atoms with Crippen LogP contribution in [-0.2, 0) is 4.79 Å². The van der Waals surface area contributed by atoms with Gasteiger partial charge >= 0.3 is 0 Å². The molecule has 0 saturated heterocycles. The number of fused-ring (bicyclic) bond motifs is 3. The quantitative estimate of drug-likeness (QED) is 0.363. The number of ether oxygens (including phenoxy) is 1. The summed E-state index contributed by atoms with van der Waals surface area (Å²) in [6, 6.07) is 23.4. The van der Waals surface area contributed by atoms with E-state index in [0.29, 0.717) is 22.2 Å². The molecule has 0 radical (unpaired) electrons. The van der Waals surface area contributed by atoms with Crippen LogP contribution in [0.4, 0.5) is 5.69 Å². The van der Waals surface area contributed by atoms with Gasteiger partial charge in [0.1, 0.15) is 11.6 Å². The first-order chi connectivity index (χ1) is 16.1. The lowest BCUT2D eigenvalue weighted by molar-refractivity contribution is -0.113. The molecule has 0 atom stereocenters. The van der Waals surface area contributed by atoms with Crippen LogP contribution in [0.1, 0.15) is 5.56 Å². The van der Waals surface area contributed by atoms with Crippen LogP contribution in [0.2, 0.25) is 0 Å². The fraction of sp³-hybridized carbons (Fsp3) is 0.120. The molecule has 3 aromatic carbocycles. The molecule has 0 aliphatic rings. The highest BCUT2D eigenvalue weighted by molar-refractivity contribution is 7.99. The lowest BCUT2D eigenvalue weighted by Crippen LogP contribution is -2.15. The number of nitrogens with zero attached hydrogens (tertiary/aromatic N) is 4. The van der Waals surface area contributed by atoms with Crippen molar-refractivity contribution in [3.05, 3.63) is 78.4 Å². The Morgan fingerprint density at radius 3 is 2.58 bits per heavy atom. The average molecular weight is 456 g/mol. The van der Waals surface area contributed by atoms with Crippen molar-refractivity contribution in [1.82, 2.24) is 19.6 Å². The molecule has 2 heterocycles. The molecule has 5 aromatic rings. The lowest BCUT2D eigenvalue weighted by atomic mass is 10.1. The van der Waals surface area contributed by atoms with E-state index in [9.17, 15) is 4.79 Å². The van der Waals surface area contributed by atoms with Crippen molar-refractivity contribution in [2.45, 2.75) is 12.1 Å². The maximum Gasteiger partial charge on any atom is 0.234 e. The van der Waals surface area contributed by atoms with Crippen molar-refractivity contribution in [3.8, 4) is 17.1 Å². The Balaban J connectivity index is 1.50.